The molecule has 0 aliphatic heterocycles. The van der Waals surface area contributed by atoms with E-state index in [-0.39, 0.29) is 11.8 Å². The van der Waals surface area contributed by atoms with Gasteiger partial charge in [-0.25, -0.2) is 0 Å². The van der Waals surface area contributed by atoms with Gasteiger partial charge in [0.25, 0.3) is 5.91 Å². The summed E-state index contributed by atoms with van der Waals surface area (Å²) < 4.78 is 0. The largest absolute Gasteiger partial charge is 0.326 e. The number of benzene rings is 2. The van der Waals surface area contributed by atoms with Crippen LogP contribution >= 0.6 is 0 Å². The molecule has 0 aromatic heterocycles. The van der Waals surface area contributed by atoms with Crippen molar-refractivity contribution in [3.05, 3.63) is 59.7 Å². The summed E-state index contributed by atoms with van der Waals surface area (Å²) in [5, 5.41) is 14.1. The molecule has 0 heterocycles. The van der Waals surface area contributed by atoms with Crippen LogP contribution in [0.5, 0.6) is 0 Å². The fourth-order valence-corrected chi connectivity index (χ4v) is 1.74. The molecule has 104 valence electrons. The summed E-state index contributed by atoms with van der Waals surface area (Å²) in [7, 11) is 0. The number of carbonyl (C=O) groups is 2. The van der Waals surface area contributed by atoms with Crippen molar-refractivity contribution >= 4 is 23.2 Å². The molecule has 5 heteroatoms. The highest BCUT2D eigenvalue weighted by molar-refractivity contribution is 6.04. The quantitative estimate of drug-likeness (QED) is 0.906. The van der Waals surface area contributed by atoms with Gasteiger partial charge in [0.1, 0.15) is 0 Å². The Labute approximate surface area is 122 Å². The van der Waals surface area contributed by atoms with Crippen molar-refractivity contribution in [3.63, 3.8) is 0 Å². The lowest BCUT2D eigenvalue weighted by molar-refractivity contribution is -0.114. The molecule has 0 aliphatic carbocycles. The Morgan fingerprint density at radius 2 is 1.43 bits per heavy atom. The number of carbonyl (C=O) groups excluding carboxylic acids is 2. The lowest BCUT2D eigenvalue weighted by Gasteiger charge is -2.06. The van der Waals surface area contributed by atoms with E-state index in [1.54, 1.807) is 48.5 Å². The van der Waals surface area contributed by atoms with E-state index in [1.807, 2.05) is 6.07 Å². The SMILES string of the molecule is CC(=O)Nc1ccc(C(=O)Nc2ccc(C#N)cc2)cc1. The van der Waals surface area contributed by atoms with Gasteiger partial charge < -0.3 is 10.6 Å². The number of hydrogen-bond donors (Lipinski definition) is 2. The van der Waals surface area contributed by atoms with E-state index in [4.69, 9.17) is 5.26 Å². The lowest BCUT2D eigenvalue weighted by atomic mass is 10.1. The van der Waals surface area contributed by atoms with Crippen LogP contribution in [0.2, 0.25) is 0 Å². The van der Waals surface area contributed by atoms with Crippen LogP contribution in [0.3, 0.4) is 0 Å². The third-order valence-electron chi connectivity index (χ3n) is 2.74. The molecule has 0 unspecified atom stereocenters. The van der Waals surface area contributed by atoms with Crippen molar-refractivity contribution in [2.75, 3.05) is 10.6 Å². The van der Waals surface area contributed by atoms with Crippen molar-refractivity contribution in [1.29, 1.82) is 5.26 Å². The molecule has 0 spiro atoms. The molecule has 2 aromatic rings. The Morgan fingerprint density at radius 3 is 1.95 bits per heavy atom. The molecule has 0 saturated heterocycles. The van der Waals surface area contributed by atoms with Gasteiger partial charge in [0.05, 0.1) is 11.6 Å². The van der Waals surface area contributed by atoms with Crippen LogP contribution in [0, 0.1) is 11.3 Å². The van der Waals surface area contributed by atoms with E-state index < -0.39 is 0 Å². The highest BCUT2D eigenvalue weighted by Gasteiger charge is 2.06. The number of nitrogens with zero attached hydrogens (tertiary/aromatic N) is 1. The van der Waals surface area contributed by atoms with Crippen LogP contribution < -0.4 is 10.6 Å². The molecule has 2 amide bonds. The maximum absolute atomic E-state index is 12.0. The topological polar surface area (TPSA) is 82.0 Å². The fraction of sp³-hybridized carbons (Fsp3) is 0.0625. The standard InChI is InChI=1S/C16H13N3O2/c1-11(20)18-14-8-4-13(5-9-14)16(21)19-15-6-2-12(10-17)3-7-15/h2-9H,1H3,(H,18,20)(H,19,21). The molecule has 0 atom stereocenters. The number of amides is 2. The van der Waals surface area contributed by atoms with Gasteiger partial charge in [0.15, 0.2) is 0 Å². The number of nitrogens with one attached hydrogen (secondary N) is 2. The van der Waals surface area contributed by atoms with Crippen molar-refractivity contribution in [2.45, 2.75) is 6.92 Å². The van der Waals surface area contributed by atoms with Gasteiger partial charge in [0.2, 0.25) is 5.91 Å². The summed E-state index contributed by atoms with van der Waals surface area (Å²) in [5.74, 6) is -0.418. The minimum Gasteiger partial charge on any atom is -0.326 e. The van der Waals surface area contributed by atoms with Gasteiger partial charge >= 0.3 is 0 Å². The smallest absolute Gasteiger partial charge is 0.255 e. The molecular weight excluding hydrogens is 266 g/mol. The van der Waals surface area contributed by atoms with Gasteiger partial charge in [-0.05, 0) is 48.5 Å². The van der Waals surface area contributed by atoms with Crippen LogP contribution in [0.25, 0.3) is 0 Å². The summed E-state index contributed by atoms with van der Waals surface area (Å²) in [4.78, 5) is 23.0. The average molecular weight is 279 g/mol. The molecule has 2 N–H and O–H groups in total. The predicted octanol–water partition coefficient (Wildman–Crippen LogP) is 2.77. The van der Waals surface area contributed by atoms with E-state index in [1.165, 1.54) is 6.92 Å². The second-order valence-corrected chi connectivity index (χ2v) is 4.40. The van der Waals surface area contributed by atoms with Gasteiger partial charge in [0, 0.05) is 23.9 Å². The Bertz CT molecular complexity index is 698. The molecule has 0 radical (unpaired) electrons. The number of hydrogen-bond acceptors (Lipinski definition) is 3. The van der Waals surface area contributed by atoms with Gasteiger partial charge in [-0.1, -0.05) is 0 Å². The second-order valence-electron chi connectivity index (χ2n) is 4.40. The molecule has 0 saturated carbocycles. The summed E-state index contributed by atoms with van der Waals surface area (Å²) in [6, 6.07) is 15.2. The van der Waals surface area contributed by atoms with Crippen molar-refractivity contribution in [3.8, 4) is 6.07 Å². The fourth-order valence-electron chi connectivity index (χ4n) is 1.74. The number of anilines is 2. The van der Waals surface area contributed by atoms with E-state index in [2.05, 4.69) is 10.6 Å². The zero-order valence-electron chi connectivity index (χ0n) is 11.4. The van der Waals surface area contributed by atoms with Crippen LogP contribution in [-0.4, -0.2) is 11.8 Å². The first-order valence-corrected chi connectivity index (χ1v) is 6.27. The number of nitriles is 1. The molecule has 0 fully saturated rings. The predicted molar refractivity (Wildman–Crippen MR) is 79.9 cm³/mol. The first kappa shape index (κ1) is 14.3. The zero-order valence-corrected chi connectivity index (χ0v) is 11.4. The summed E-state index contributed by atoms with van der Waals surface area (Å²) in [5.41, 5.74) is 2.27. The maximum Gasteiger partial charge on any atom is 0.255 e. The van der Waals surface area contributed by atoms with E-state index in [9.17, 15) is 9.59 Å². The Hall–Kier alpha value is -3.13. The van der Waals surface area contributed by atoms with Crippen LogP contribution in [0.1, 0.15) is 22.8 Å². The normalized spacial score (nSPS) is 9.52. The highest BCUT2D eigenvalue weighted by Crippen LogP contribution is 2.13. The minimum absolute atomic E-state index is 0.162. The zero-order chi connectivity index (χ0) is 15.2. The number of rotatable bonds is 3. The van der Waals surface area contributed by atoms with E-state index >= 15 is 0 Å². The Kier molecular flexibility index (Phi) is 4.32. The molecule has 5 nitrogen and oxygen atoms in total. The van der Waals surface area contributed by atoms with Crippen LogP contribution in [-0.2, 0) is 4.79 Å². The first-order chi connectivity index (χ1) is 10.1. The van der Waals surface area contributed by atoms with Crippen molar-refractivity contribution < 1.29 is 9.59 Å². The Balaban J connectivity index is 2.05. The minimum atomic E-state index is -0.255. The third-order valence-corrected chi connectivity index (χ3v) is 2.74. The van der Waals surface area contributed by atoms with E-state index in [0.717, 1.165) is 0 Å². The summed E-state index contributed by atoms with van der Waals surface area (Å²) in [6.45, 7) is 1.42. The van der Waals surface area contributed by atoms with Crippen molar-refractivity contribution in [1.82, 2.24) is 0 Å². The summed E-state index contributed by atoms with van der Waals surface area (Å²) >= 11 is 0. The average Bonchev–Trinajstić information content (AvgIpc) is 2.48. The van der Waals surface area contributed by atoms with Crippen LogP contribution in [0.4, 0.5) is 11.4 Å². The van der Waals surface area contributed by atoms with E-state index in [0.29, 0.717) is 22.5 Å². The highest BCUT2D eigenvalue weighted by atomic mass is 16.2. The second kappa shape index (κ2) is 6.35. The molecular formula is C16H13N3O2. The first-order valence-electron chi connectivity index (χ1n) is 6.27. The maximum atomic E-state index is 12.0. The van der Waals surface area contributed by atoms with Crippen LogP contribution in [0.15, 0.2) is 48.5 Å². The molecule has 2 rings (SSSR count). The molecule has 2 aromatic carbocycles. The monoisotopic (exact) mass is 279 g/mol. The van der Waals surface area contributed by atoms with Crippen molar-refractivity contribution in [2.24, 2.45) is 0 Å². The van der Waals surface area contributed by atoms with Gasteiger partial charge in [-0.3, -0.25) is 9.59 Å². The molecule has 21 heavy (non-hydrogen) atoms. The Morgan fingerprint density at radius 1 is 0.905 bits per heavy atom. The van der Waals surface area contributed by atoms with Gasteiger partial charge in [-0.2, -0.15) is 5.26 Å². The van der Waals surface area contributed by atoms with Gasteiger partial charge in [-0.15, -0.1) is 0 Å². The summed E-state index contributed by atoms with van der Waals surface area (Å²) in [6.07, 6.45) is 0. The molecule has 0 aliphatic rings. The third kappa shape index (κ3) is 3.91. The molecule has 0 bridgehead atoms. The lowest BCUT2D eigenvalue weighted by Crippen LogP contribution is -2.12.